The molecule has 0 aromatic carbocycles. The fourth-order valence-corrected chi connectivity index (χ4v) is 4.67. The van der Waals surface area contributed by atoms with Crippen LogP contribution in [0.15, 0.2) is 24.4 Å². The number of aromatic nitrogens is 5. The molecule has 31 heavy (non-hydrogen) atoms. The smallest absolute Gasteiger partial charge is 0.246 e. The van der Waals surface area contributed by atoms with Crippen LogP contribution in [0.3, 0.4) is 0 Å². The third-order valence-corrected chi connectivity index (χ3v) is 6.79. The van der Waals surface area contributed by atoms with E-state index < -0.39 is 0 Å². The second kappa shape index (κ2) is 7.64. The van der Waals surface area contributed by atoms with Crippen molar-refractivity contribution in [3.63, 3.8) is 0 Å². The van der Waals surface area contributed by atoms with E-state index in [0.29, 0.717) is 35.8 Å². The summed E-state index contributed by atoms with van der Waals surface area (Å²) in [5.74, 6) is 3.66. The van der Waals surface area contributed by atoms with E-state index in [-0.39, 0.29) is 6.04 Å². The molecule has 5 heterocycles. The number of H-pyrrole nitrogens is 1. The first-order valence-electron chi connectivity index (χ1n) is 11.4. The SMILES string of the molecule is O=C(CCC1CNC1)[C@@H]1CCCN1c1nc(Nc2cc(C3CC3)[nH]n2)c2cccn2n1. The predicted molar refractivity (Wildman–Crippen MR) is 118 cm³/mol. The molecule has 0 spiro atoms. The number of carbonyl (C=O) groups is 1. The van der Waals surface area contributed by atoms with Crippen LogP contribution in [0, 0.1) is 5.92 Å². The number of nitrogens with one attached hydrogen (secondary N) is 3. The molecule has 162 valence electrons. The highest BCUT2D eigenvalue weighted by atomic mass is 16.1. The number of Topliss-reactive ketones (excluding diaryl/α,β-unsaturated/α-hetero) is 1. The van der Waals surface area contributed by atoms with Gasteiger partial charge < -0.3 is 15.5 Å². The zero-order valence-corrected chi connectivity index (χ0v) is 17.5. The van der Waals surface area contributed by atoms with E-state index in [1.807, 2.05) is 22.8 Å². The second-order valence-electron chi connectivity index (χ2n) is 9.09. The molecule has 3 N–H and O–H groups in total. The van der Waals surface area contributed by atoms with Crippen molar-refractivity contribution >= 4 is 28.9 Å². The monoisotopic (exact) mass is 420 g/mol. The summed E-state index contributed by atoms with van der Waals surface area (Å²) in [6, 6.07) is 5.88. The maximum Gasteiger partial charge on any atom is 0.246 e. The maximum absolute atomic E-state index is 13.0. The average molecular weight is 421 g/mol. The van der Waals surface area contributed by atoms with Crippen LogP contribution in [-0.2, 0) is 4.79 Å². The fourth-order valence-electron chi connectivity index (χ4n) is 4.67. The Kier molecular flexibility index (Phi) is 4.63. The Labute approximate surface area is 180 Å². The van der Waals surface area contributed by atoms with Gasteiger partial charge in [0.1, 0.15) is 5.52 Å². The summed E-state index contributed by atoms with van der Waals surface area (Å²) in [5, 5.41) is 18.9. The Hall–Kier alpha value is -2.94. The first kappa shape index (κ1) is 18.8. The topological polar surface area (TPSA) is 103 Å². The molecule has 6 rings (SSSR count). The van der Waals surface area contributed by atoms with Crippen LogP contribution in [0.5, 0.6) is 0 Å². The first-order chi connectivity index (χ1) is 15.2. The molecule has 0 radical (unpaired) electrons. The second-order valence-corrected chi connectivity index (χ2v) is 9.09. The van der Waals surface area contributed by atoms with Crippen molar-refractivity contribution < 1.29 is 4.79 Å². The van der Waals surface area contributed by atoms with Crippen LogP contribution in [0.1, 0.15) is 50.1 Å². The zero-order valence-electron chi connectivity index (χ0n) is 17.5. The lowest BCUT2D eigenvalue weighted by atomic mass is 9.94. The lowest BCUT2D eigenvalue weighted by molar-refractivity contribution is -0.120. The van der Waals surface area contributed by atoms with Gasteiger partial charge in [0.25, 0.3) is 0 Å². The number of anilines is 3. The van der Waals surface area contributed by atoms with E-state index in [2.05, 4.69) is 31.8 Å². The van der Waals surface area contributed by atoms with Gasteiger partial charge in [-0.3, -0.25) is 9.89 Å². The van der Waals surface area contributed by atoms with Crippen molar-refractivity contribution in [2.45, 2.75) is 50.5 Å². The summed E-state index contributed by atoms with van der Waals surface area (Å²) in [6.07, 6.45) is 7.85. The minimum atomic E-state index is -0.124. The Morgan fingerprint density at radius 2 is 2.16 bits per heavy atom. The van der Waals surface area contributed by atoms with E-state index in [4.69, 9.17) is 10.1 Å². The molecule has 3 aliphatic rings. The molecule has 1 aliphatic carbocycles. The lowest BCUT2D eigenvalue weighted by Gasteiger charge is -2.28. The summed E-state index contributed by atoms with van der Waals surface area (Å²) in [6.45, 7) is 2.89. The Morgan fingerprint density at radius 1 is 1.26 bits per heavy atom. The van der Waals surface area contributed by atoms with E-state index in [0.717, 1.165) is 50.2 Å². The average Bonchev–Trinajstić information content (AvgIpc) is 3.13. The molecule has 3 aromatic rings. The molecule has 9 heteroatoms. The number of hydrogen-bond donors (Lipinski definition) is 3. The van der Waals surface area contributed by atoms with Crippen LogP contribution in [0.4, 0.5) is 17.6 Å². The van der Waals surface area contributed by atoms with Crippen LogP contribution in [0.25, 0.3) is 5.52 Å². The number of rotatable bonds is 8. The van der Waals surface area contributed by atoms with E-state index in [1.165, 1.54) is 18.5 Å². The van der Waals surface area contributed by atoms with Crippen molar-refractivity contribution in [3.05, 3.63) is 30.1 Å². The number of hydrogen-bond acceptors (Lipinski definition) is 7. The van der Waals surface area contributed by atoms with Crippen LogP contribution < -0.4 is 15.5 Å². The van der Waals surface area contributed by atoms with Gasteiger partial charge in [0, 0.05) is 36.8 Å². The highest BCUT2D eigenvalue weighted by molar-refractivity contribution is 5.87. The number of carbonyl (C=O) groups excluding carboxylic acids is 1. The van der Waals surface area contributed by atoms with E-state index in [1.54, 1.807) is 0 Å². The van der Waals surface area contributed by atoms with Gasteiger partial charge in [-0.15, -0.1) is 5.10 Å². The summed E-state index contributed by atoms with van der Waals surface area (Å²) >= 11 is 0. The van der Waals surface area contributed by atoms with Gasteiger partial charge in [-0.25, -0.2) is 4.52 Å². The molecule has 0 amide bonds. The van der Waals surface area contributed by atoms with Gasteiger partial charge in [-0.1, -0.05) is 0 Å². The maximum atomic E-state index is 13.0. The minimum Gasteiger partial charge on any atom is -0.329 e. The molecule has 2 saturated heterocycles. The third kappa shape index (κ3) is 3.67. The number of nitrogens with zero attached hydrogens (tertiary/aromatic N) is 5. The Balaban J connectivity index is 1.25. The van der Waals surface area contributed by atoms with Gasteiger partial charge in [-0.2, -0.15) is 10.1 Å². The molecule has 2 aliphatic heterocycles. The molecule has 3 fully saturated rings. The normalized spacial score (nSPS) is 21.5. The lowest BCUT2D eigenvalue weighted by Crippen LogP contribution is -2.43. The van der Waals surface area contributed by atoms with Crippen LogP contribution >= 0.6 is 0 Å². The Morgan fingerprint density at radius 3 is 2.97 bits per heavy atom. The van der Waals surface area contributed by atoms with Crippen molar-refractivity contribution in [2.75, 3.05) is 29.9 Å². The van der Waals surface area contributed by atoms with E-state index in [9.17, 15) is 4.79 Å². The van der Waals surface area contributed by atoms with Crippen LogP contribution in [-0.4, -0.2) is 56.3 Å². The largest absolute Gasteiger partial charge is 0.329 e. The molecule has 3 aromatic heterocycles. The summed E-state index contributed by atoms with van der Waals surface area (Å²) in [4.78, 5) is 19.9. The van der Waals surface area contributed by atoms with Crippen LogP contribution in [0.2, 0.25) is 0 Å². The standard InChI is InChI=1S/C22H28N8O/c31-19(8-5-14-12-23-13-14)17-3-1-9-29(17)22-25-21(18-4-2-10-30(18)28-22)24-20-11-16(26-27-20)15-6-7-15/h2,4,10-11,14-15,17,23H,1,3,5-9,12-13H2,(H2,24,25,26,27,28)/t17-/m0/s1. The first-order valence-corrected chi connectivity index (χ1v) is 11.4. The van der Waals surface area contributed by atoms with Gasteiger partial charge in [0.05, 0.1) is 6.04 Å². The molecular weight excluding hydrogens is 392 g/mol. The minimum absolute atomic E-state index is 0.124. The van der Waals surface area contributed by atoms with Crippen molar-refractivity contribution in [1.82, 2.24) is 30.1 Å². The van der Waals surface area contributed by atoms with Crippen molar-refractivity contribution in [1.29, 1.82) is 0 Å². The van der Waals surface area contributed by atoms with Gasteiger partial charge in [0.15, 0.2) is 17.4 Å². The Bertz CT molecular complexity index is 1100. The molecular formula is C22H28N8O. The fraction of sp³-hybridized carbons (Fsp3) is 0.545. The molecule has 9 nitrogen and oxygen atoms in total. The zero-order chi connectivity index (χ0) is 20.8. The molecule has 0 bridgehead atoms. The van der Waals surface area contributed by atoms with E-state index >= 15 is 0 Å². The quantitative estimate of drug-likeness (QED) is 0.515. The third-order valence-electron chi connectivity index (χ3n) is 6.79. The highest BCUT2D eigenvalue weighted by Gasteiger charge is 2.33. The van der Waals surface area contributed by atoms with Gasteiger partial charge in [-0.05, 0) is 63.2 Å². The van der Waals surface area contributed by atoms with Gasteiger partial charge >= 0.3 is 0 Å². The highest BCUT2D eigenvalue weighted by Crippen LogP contribution is 2.39. The number of aromatic amines is 1. The van der Waals surface area contributed by atoms with Crippen molar-refractivity contribution in [2.24, 2.45) is 5.92 Å². The van der Waals surface area contributed by atoms with Gasteiger partial charge in [0.2, 0.25) is 5.95 Å². The summed E-state index contributed by atoms with van der Waals surface area (Å²) < 4.78 is 1.83. The molecule has 0 unspecified atom stereocenters. The number of ketones is 1. The predicted octanol–water partition coefficient (Wildman–Crippen LogP) is 2.61. The summed E-state index contributed by atoms with van der Waals surface area (Å²) in [5.41, 5.74) is 2.06. The molecule has 1 atom stereocenters. The molecule has 1 saturated carbocycles. The van der Waals surface area contributed by atoms with Crippen molar-refractivity contribution in [3.8, 4) is 0 Å². The number of fused-ring (bicyclic) bond motifs is 1. The summed E-state index contributed by atoms with van der Waals surface area (Å²) in [7, 11) is 0.